The summed E-state index contributed by atoms with van der Waals surface area (Å²) in [4.78, 5) is 15.8. The maximum Gasteiger partial charge on any atom is 0.162 e. The van der Waals surface area contributed by atoms with E-state index in [1.165, 1.54) is 0 Å². The summed E-state index contributed by atoms with van der Waals surface area (Å²) < 4.78 is 1.76. The minimum atomic E-state index is 0.670. The Balaban J connectivity index is 1.69. The smallest absolute Gasteiger partial charge is 0.162 e. The van der Waals surface area contributed by atoms with Crippen LogP contribution in [0.5, 0.6) is 0 Å². The molecule has 0 bridgehead atoms. The third-order valence-electron chi connectivity index (χ3n) is 4.82. The Kier molecular flexibility index (Phi) is 3.72. The van der Waals surface area contributed by atoms with E-state index in [0.717, 1.165) is 39.0 Å². The fourth-order valence-electron chi connectivity index (χ4n) is 3.31. The number of para-hydroxylation sites is 1. The molecule has 0 unspecified atom stereocenters. The molecule has 0 atom stereocenters. The van der Waals surface area contributed by atoms with Crippen molar-refractivity contribution in [3.8, 4) is 11.4 Å². The standard InChI is InChI=1S/C21H17N7/c1-27(15-7-8-19-18(13-15)25-26-28(19)2)21-16-5-3-4-6-17(16)23-20(24-21)14-9-11-22-12-10-14/h3-13H,1-2H3. The first kappa shape index (κ1) is 16.3. The van der Waals surface area contributed by atoms with Crippen molar-refractivity contribution >= 4 is 33.4 Å². The largest absolute Gasteiger partial charge is 0.329 e. The van der Waals surface area contributed by atoms with Crippen molar-refractivity contribution in [2.75, 3.05) is 11.9 Å². The van der Waals surface area contributed by atoms with Gasteiger partial charge in [0.25, 0.3) is 0 Å². The van der Waals surface area contributed by atoms with Gasteiger partial charge in [-0.2, -0.15) is 0 Å². The molecule has 2 aromatic carbocycles. The molecule has 28 heavy (non-hydrogen) atoms. The van der Waals surface area contributed by atoms with Crippen molar-refractivity contribution < 1.29 is 0 Å². The van der Waals surface area contributed by atoms with Crippen molar-refractivity contribution in [1.82, 2.24) is 29.9 Å². The highest BCUT2D eigenvalue weighted by Crippen LogP contribution is 2.32. The number of nitrogens with zero attached hydrogens (tertiary/aromatic N) is 7. The molecule has 0 aliphatic rings. The van der Waals surface area contributed by atoms with Crippen molar-refractivity contribution in [2.24, 2.45) is 7.05 Å². The van der Waals surface area contributed by atoms with Gasteiger partial charge in [-0.1, -0.05) is 17.3 Å². The molecule has 0 radical (unpaired) electrons. The van der Waals surface area contributed by atoms with Crippen LogP contribution in [-0.4, -0.2) is 37.0 Å². The summed E-state index contributed by atoms with van der Waals surface area (Å²) >= 11 is 0. The fraction of sp³-hybridized carbons (Fsp3) is 0.0952. The molecule has 0 aliphatic heterocycles. The summed E-state index contributed by atoms with van der Waals surface area (Å²) in [5.74, 6) is 1.50. The van der Waals surface area contributed by atoms with Gasteiger partial charge in [0.2, 0.25) is 0 Å². The van der Waals surface area contributed by atoms with Gasteiger partial charge < -0.3 is 4.90 Å². The molecule has 136 valence electrons. The van der Waals surface area contributed by atoms with Gasteiger partial charge in [0.15, 0.2) is 5.82 Å². The van der Waals surface area contributed by atoms with E-state index in [1.54, 1.807) is 17.1 Å². The maximum absolute atomic E-state index is 4.88. The van der Waals surface area contributed by atoms with Crippen LogP contribution in [-0.2, 0) is 7.05 Å². The SMILES string of the molecule is CN(c1ccc2c(c1)nnn2C)c1nc(-c2ccncc2)nc2ccccc12. The summed E-state index contributed by atoms with van der Waals surface area (Å²) in [6, 6.07) is 18.0. The summed E-state index contributed by atoms with van der Waals surface area (Å²) in [5, 5.41) is 9.31. The van der Waals surface area contributed by atoms with E-state index >= 15 is 0 Å². The molecule has 3 aromatic heterocycles. The second-order valence-electron chi connectivity index (χ2n) is 6.57. The lowest BCUT2D eigenvalue weighted by atomic mass is 10.2. The first-order valence-corrected chi connectivity index (χ1v) is 8.91. The highest BCUT2D eigenvalue weighted by molar-refractivity contribution is 5.93. The van der Waals surface area contributed by atoms with Gasteiger partial charge in [0.05, 0.1) is 11.0 Å². The quantitative estimate of drug-likeness (QED) is 0.484. The van der Waals surface area contributed by atoms with Crippen LogP contribution in [0.15, 0.2) is 67.0 Å². The molecule has 0 spiro atoms. The molecule has 5 rings (SSSR count). The molecule has 0 fully saturated rings. The van der Waals surface area contributed by atoms with E-state index in [0.29, 0.717) is 5.82 Å². The monoisotopic (exact) mass is 367 g/mol. The highest BCUT2D eigenvalue weighted by Gasteiger charge is 2.15. The Bertz CT molecular complexity index is 1290. The fourth-order valence-corrected chi connectivity index (χ4v) is 3.31. The average molecular weight is 367 g/mol. The first-order chi connectivity index (χ1) is 13.7. The van der Waals surface area contributed by atoms with Crippen LogP contribution in [0.4, 0.5) is 11.5 Å². The number of pyridine rings is 1. The Labute approximate surface area is 161 Å². The summed E-state index contributed by atoms with van der Waals surface area (Å²) in [6.07, 6.45) is 3.50. The molecule has 5 aromatic rings. The lowest BCUT2D eigenvalue weighted by Crippen LogP contribution is -2.13. The van der Waals surface area contributed by atoms with Gasteiger partial charge in [-0.15, -0.1) is 5.10 Å². The van der Waals surface area contributed by atoms with E-state index < -0.39 is 0 Å². The second-order valence-corrected chi connectivity index (χ2v) is 6.57. The zero-order chi connectivity index (χ0) is 19.1. The third kappa shape index (κ3) is 2.64. The minimum absolute atomic E-state index is 0.670. The number of fused-ring (bicyclic) bond motifs is 2. The predicted molar refractivity (Wildman–Crippen MR) is 109 cm³/mol. The zero-order valence-corrected chi connectivity index (χ0v) is 15.5. The molecule has 3 heterocycles. The number of hydrogen-bond acceptors (Lipinski definition) is 6. The van der Waals surface area contributed by atoms with Crippen molar-refractivity contribution in [3.05, 3.63) is 67.0 Å². The maximum atomic E-state index is 4.88. The van der Waals surface area contributed by atoms with Crippen molar-refractivity contribution in [1.29, 1.82) is 0 Å². The van der Waals surface area contributed by atoms with Crippen LogP contribution in [0.1, 0.15) is 0 Å². The van der Waals surface area contributed by atoms with Gasteiger partial charge >= 0.3 is 0 Å². The number of rotatable bonds is 3. The van der Waals surface area contributed by atoms with E-state index in [9.17, 15) is 0 Å². The van der Waals surface area contributed by atoms with E-state index in [-0.39, 0.29) is 0 Å². The van der Waals surface area contributed by atoms with Crippen LogP contribution in [0.3, 0.4) is 0 Å². The summed E-state index contributed by atoms with van der Waals surface area (Å²) in [7, 11) is 3.89. The van der Waals surface area contributed by atoms with Gasteiger partial charge in [0, 0.05) is 43.1 Å². The molecule has 0 saturated carbocycles. The Morgan fingerprint density at radius 3 is 2.57 bits per heavy atom. The number of hydrogen-bond donors (Lipinski definition) is 0. The Morgan fingerprint density at radius 1 is 0.893 bits per heavy atom. The van der Waals surface area contributed by atoms with Crippen LogP contribution < -0.4 is 4.90 Å². The Morgan fingerprint density at radius 2 is 1.71 bits per heavy atom. The molecule has 0 saturated heterocycles. The molecule has 0 aliphatic carbocycles. The molecule has 0 N–H and O–H groups in total. The second kappa shape index (κ2) is 6.38. The third-order valence-corrected chi connectivity index (χ3v) is 4.82. The highest BCUT2D eigenvalue weighted by atomic mass is 15.4. The topological polar surface area (TPSA) is 72.6 Å². The first-order valence-electron chi connectivity index (χ1n) is 8.91. The van der Waals surface area contributed by atoms with E-state index in [2.05, 4.69) is 26.3 Å². The molecule has 7 nitrogen and oxygen atoms in total. The molecular weight excluding hydrogens is 350 g/mol. The van der Waals surface area contributed by atoms with Crippen LogP contribution in [0, 0.1) is 0 Å². The lowest BCUT2D eigenvalue weighted by Gasteiger charge is -2.21. The van der Waals surface area contributed by atoms with E-state index in [4.69, 9.17) is 9.97 Å². The van der Waals surface area contributed by atoms with Gasteiger partial charge in [-0.25, -0.2) is 14.6 Å². The Hall–Kier alpha value is -3.87. The summed E-state index contributed by atoms with van der Waals surface area (Å²) in [5.41, 5.74) is 4.64. The van der Waals surface area contributed by atoms with Crippen molar-refractivity contribution in [3.63, 3.8) is 0 Å². The average Bonchev–Trinajstić information content (AvgIpc) is 3.13. The van der Waals surface area contributed by atoms with Gasteiger partial charge in [-0.05, 0) is 42.5 Å². The lowest BCUT2D eigenvalue weighted by molar-refractivity contribution is 0.736. The number of aromatic nitrogens is 6. The van der Waals surface area contributed by atoms with Gasteiger partial charge in [-0.3, -0.25) is 4.98 Å². The van der Waals surface area contributed by atoms with Crippen molar-refractivity contribution in [2.45, 2.75) is 0 Å². The zero-order valence-electron chi connectivity index (χ0n) is 15.5. The normalized spacial score (nSPS) is 11.2. The predicted octanol–water partition coefficient (Wildman–Crippen LogP) is 3.74. The van der Waals surface area contributed by atoms with Crippen LogP contribution in [0.2, 0.25) is 0 Å². The molecular formula is C21H17N7. The van der Waals surface area contributed by atoms with Gasteiger partial charge in [0.1, 0.15) is 11.3 Å². The van der Waals surface area contributed by atoms with Crippen LogP contribution in [0.25, 0.3) is 33.3 Å². The van der Waals surface area contributed by atoms with E-state index in [1.807, 2.05) is 62.6 Å². The van der Waals surface area contributed by atoms with Crippen LogP contribution >= 0.6 is 0 Å². The summed E-state index contributed by atoms with van der Waals surface area (Å²) in [6.45, 7) is 0. The molecule has 7 heteroatoms. The minimum Gasteiger partial charge on any atom is -0.329 e. The number of aryl methyl sites for hydroxylation is 1. The number of benzene rings is 2. The molecule has 0 amide bonds. The number of anilines is 2.